The van der Waals surface area contributed by atoms with Gasteiger partial charge < -0.3 is 10.1 Å². The molecule has 0 heterocycles. The SMILES string of the molecule is COC(=O)c1ccccc1C(=O)Nc1cc([N+](=O)[O-])cc([N+](=O)[O-])c1C. The van der Waals surface area contributed by atoms with E-state index in [1.807, 2.05) is 0 Å². The van der Waals surface area contributed by atoms with Gasteiger partial charge in [-0.2, -0.15) is 0 Å². The summed E-state index contributed by atoms with van der Waals surface area (Å²) in [6.45, 7) is 1.35. The number of amides is 1. The molecule has 2 aromatic carbocycles. The minimum absolute atomic E-state index is 0.00918. The van der Waals surface area contributed by atoms with Crippen LogP contribution in [0.25, 0.3) is 0 Å². The molecule has 0 atom stereocenters. The number of carbonyl (C=O) groups is 2. The molecule has 1 amide bonds. The van der Waals surface area contributed by atoms with Crippen LogP contribution < -0.4 is 5.32 Å². The van der Waals surface area contributed by atoms with Gasteiger partial charge in [0.1, 0.15) is 0 Å². The van der Waals surface area contributed by atoms with Gasteiger partial charge in [0.15, 0.2) is 0 Å². The van der Waals surface area contributed by atoms with Crippen LogP contribution in [0.5, 0.6) is 0 Å². The lowest BCUT2D eigenvalue weighted by atomic mass is 10.1. The third-order valence-corrected chi connectivity index (χ3v) is 3.60. The molecule has 0 fully saturated rings. The van der Waals surface area contributed by atoms with Gasteiger partial charge in [-0.25, -0.2) is 4.79 Å². The molecule has 0 saturated heterocycles. The van der Waals surface area contributed by atoms with Gasteiger partial charge in [0, 0.05) is 6.07 Å². The molecule has 2 rings (SSSR count). The molecule has 0 aliphatic heterocycles. The normalized spacial score (nSPS) is 10.1. The van der Waals surface area contributed by atoms with Gasteiger partial charge >= 0.3 is 5.97 Å². The molecular weight excluding hydrogens is 346 g/mol. The maximum Gasteiger partial charge on any atom is 0.338 e. The molecule has 0 spiro atoms. The van der Waals surface area contributed by atoms with Crippen molar-refractivity contribution in [3.8, 4) is 0 Å². The van der Waals surface area contributed by atoms with Crippen molar-refractivity contribution >= 4 is 28.9 Å². The number of hydrogen-bond acceptors (Lipinski definition) is 7. The Morgan fingerprint density at radius 2 is 1.65 bits per heavy atom. The second-order valence-electron chi connectivity index (χ2n) is 5.14. The molecule has 0 bridgehead atoms. The Morgan fingerprint density at radius 1 is 1.04 bits per heavy atom. The zero-order valence-corrected chi connectivity index (χ0v) is 13.7. The van der Waals surface area contributed by atoms with E-state index in [1.54, 1.807) is 0 Å². The third-order valence-electron chi connectivity index (χ3n) is 3.60. The van der Waals surface area contributed by atoms with Crippen LogP contribution in [0, 0.1) is 27.2 Å². The van der Waals surface area contributed by atoms with Crippen LogP contribution in [0.15, 0.2) is 36.4 Å². The zero-order valence-electron chi connectivity index (χ0n) is 13.7. The van der Waals surface area contributed by atoms with E-state index in [0.29, 0.717) is 0 Å². The molecule has 1 N–H and O–H groups in total. The molecule has 0 aromatic heterocycles. The first kappa shape index (κ1) is 18.5. The minimum Gasteiger partial charge on any atom is -0.465 e. The first-order valence-electron chi connectivity index (χ1n) is 7.18. The lowest BCUT2D eigenvalue weighted by molar-refractivity contribution is -0.394. The fraction of sp³-hybridized carbons (Fsp3) is 0.125. The third kappa shape index (κ3) is 3.64. The van der Waals surface area contributed by atoms with E-state index in [1.165, 1.54) is 31.2 Å². The number of anilines is 1. The summed E-state index contributed by atoms with van der Waals surface area (Å²) in [5, 5.41) is 24.5. The summed E-state index contributed by atoms with van der Waals surface area (Å²) in [6.07, 6.45) is 0. The average molecular weight is 359 g/mol. The summed E-state index contributed by atoms with van der Waals surface area (Å²) >= 11 is 0. The molecule has 26 heavy (non-hydrogen) atoms. The number of rotatable bonds is 5. The Hall–Kier alpha value is -3.82. The number of nitro benzene ring substituents is 2. The van der Waals surface area contributed by atoms with Crippen LogP contribution >= 0.6 is 0 Å². The average Bonchev–Trinajstić information content (AvgIpc) is 2.62. The van der Waals surface area contributed by atoms with E-state index in [0.717, 1.165) is 19.2 Å². The summed E-state index contributed by atoms with van der Waals surface area (Å²) in [5.41, 5.74) is -1.15. The molecule has 0 radical (unpaired) electrons. The highest BCUT2D eigenvalue weighted by atomic mass is 16.6. The predicted molar refractivity (Wildman–Crippen MR) is 90.2 cm³/mol. The number of esters is 1. The smallest absolute Gasteiger partial charge is 0.338 e. The number of hydrogen-bond donors (Lipinski definition) is 1. The van der Waals surface area contributed by atoms with Gasteiger partial charge in [0.2, 0.25) is 0 Å². The van der Waals surface area contributed by atoms with Crippen molar-refractivity contribution < 1.29 is 24.2 Å². The maximum atomic E-state index is 12.5. The van der Waals surface area contributed by atoms with E-state index >= 15 is 0 Å². The van der Waals surface area contributed by atoms with E-state index in [9.17, 15) is 29.8 Å². The summed E-state index contributed by atoms with van der Waals surface area (Å²) < 4.78 is 4.60. The summed E-state index contributed by atoms with van der Waals surface area (Å²) in [6, 6.07) is 7.62. The Kier molecular flexibility index (Phi) is 5.26. The number of carbonyl (C=O) groups excluding carboxylic acids is 2. The van der Waals surface area contributed by atoms with Gasteiger partial charge in [-0.1, -0.05) is 12.1 Å². The van der Waals surface area contributed by atoms with Crippen LogP contribution in [0.1, 0.15) is 26.3 Å². The number of benzene rings is 2. The van der Waals surface area contributed by atoms with Crippen LogP contribution in [-0.4, -0.2) is 28.8 Å². The molecule has 10 nitrogen and oxygen atoms in total. The van der Waals surface area contributed by atoms with Gasteiger partial charge in [-0.15, -0.1) is 0 Å². The molecular formula is C16H13N3O7. The molecule has 10 heteroatoms. The zero-order chi connectivity index (χ0) is 19.4. The van der Waals surface area contributed by atoms with E-state index in [-0.39, 0.29) is 22.4 Å². The number of nitro groups is 2. The first-order valence-corrected chi connectivity index (χ1v) is 7.18. The number of methoxy groups -OCH3 is 1. The molecule has 0 aliphatic carbocycles. The van der Waals surface area contributed by atoms with Crippen molar-refractivity contribution in [2.45, 2.75) is 6.92 Å². The maximum absolute atomic E-state index is 12.5. The molecule has 0 unspecified atom stereocenters. The Bertz CT molecular complexity index is 924. The van der Waals surface area contributed by atoms with Gasteiger partial charge in [-0.05, 0) is 19.1 Å². The lowest BCUT2D eigenvalue weighted by Gasteiger charge is -2.11. The number of ether oxygens (including phenoxy) is 1. The lowest BCUT2D eigenvalue weighted by Crippen LogP contribution is -2.18. The summed E-state index contributed by atoms with van der Waals surface area (Å²) in [5.74, 6) is -1.50. The first-order chi connectivity index (χ1) is 12.3. The van der Waals surface area contributed by atoms with Crippen molar-refractivity contribution in [1.82, 2.24) is 0 Å². The van der Waals surface area contributed by atoms with Crippen LogP contribution in [0.3, 0.4) is 0 Å². The molecule has 134 valence electrons. The quantitative estimate of drug-likeness (QED) is 0.491. The highest BCUT2D eigenvalue weighted by Crippen LogP contribution is 2.31. The molecule has 0 aliphatic rings. The topological polar surface area (TPSA) is 142 Å². The van der Waals surface area contributed by atoms with Crippen molar-refractivity contribution in [2.24, 2.45) is 0 Å². The fourth-order valence-electron chi connectivity index (χ4n) is 2.27. The minimum atomic E-state index is -0.801. The molecule has 2 aromatic rings. The fourth-order valence-corrected chi connectivity index (χ4v) is 2.27. The van der Waals surface area contributed by atoms with Crippen molar-refractivity contribution in [1.29, 1.82) is 0 Å². The number of nitrogens with zero attached hydrogens (tertiary/aromatic N) is 2. The highest BCUT2D eigenvalue weighted by molar-refractivity contribution is 6.11. The summed E-state index contributed by atoms with van der Waals surface area (Å²) in [4.78, 5) is 44.8. The van der Waals surface area contributed by atoms with Gasteiger partial charge in [-0.3, -0.25) is 25.0 Å². The number of non-ortho nitro benzene ring substituents is 1. The van der Waals surface area contributed by atoms with Crippen molar-refractivity contribution in [3.63, 3.8) is 0 Å². The molecule has 0 saturated carbocycles. The Morgan fingerprint density at radius 3 is 2.19 bits per heavy atom. The van der Waals surface area contributed by atoms with Crippen LogP contribution in [0.4, 0.5) is 17.1 Å². The Balaban J connectivity index is 2.49. The van der Waals surface area contributed by atoms with Crippen molar-refractivity contribution in [2.75, 3.05) is 12.4 Å². The van der Waals surface area contributed by atoms with E-state index < -0.39 is 33.1 Å². The monoisotopic (exact) mass is 359 g/mol. The van der Waals surface area contributed by atoms with E-state index in [4.69, 9.17) is 0 Å². The van der Waals surface area contributed by atoms with Gasteiger partial charge in [0.25, 0.3) is 17.3 Å². The van der Waals surface area contributed by atoms with Crippen LogP contribution in [0.2, 0.25) is 0 Å². The summed E-state index contributed by atoms with van der Waals surface area (Å²) in [7, 11) is 1.16. The highest BCUT2D eigenvalue weighted by Gasteiger charge is 2.24. The van der Waals surface area contributed by atoms with Gasteiger partial charge in [0.05, 0.1) is 45.4 Å². The standard InChI is InChI=1S/C16H13N3O7/c1-9-13(7-10(18(22)23)8-14(9)19(24)25)17-15(20)11-5-3-4-6-12(11)16(21)26-2/h3-8H,1-2H3,(H,17,20). The predicted octanol–water partition coefficient (Wildman–Crippen LogP) is 2.85. The Labute approximate surface area is 146 Å². The van der Waals surface area contributed by atoms with Crippen LogP contribution in [-0.2, 0) is 4.74 Å². The van der Waals surface area contributed by atoms with Crippen molar-refractivity contribution in [3.05, 3.63) is 73.3 Å². The number of nitrogens with one attached hydrogen (secondary N) is 1. The second-order valence-corrected chi connectivity index (χ2v) is 5.14. The van der Waals surface area contributed by atoms with E-state index in [2.05, 4.69) is 10.1 Å². The largest absolute Gasteiger partial charge is 0.465 e. The second kappa shape index (κ2) is 7.38.